The molecule has 156 valence electrons. The fourth-order valence-corrected chi connectivity index (χ4v) is 4.21. The maximum absolute atomic E-state index is 12.8. The summed E-state index contributed by atoms with van der Waals surface area (Å²) in [6.07, 6.45) is 0.813. The van der Waals surface area contributed by atoms with Crippen LogP contribution in [-0.4, -0.2) is 13.0 Å². The zero-order valence-electron chi connectivity index (χ0n) is 17.4. The summed E-state index contributed by atoms with van der Waals surface area (Å²) < 4.78 is 5.33. The van der Waals surface area contributed by atoms with Crippen molar-refractivity contribution < 1.29 is 9.53 Å². The van der Waals surface area contributed by atoms with Gasteiger partial charge in [-0.05, 0) is 72.5 Å². The summed E-state index contributed by atoms with van der Waals surface area (Å²) in [5.41, 5.74) is 3.98. The van der Waals surface area contributed by atoms with Crippen molar-refractivity contribution in [2.24, 2.45) is 0 Å². The van der Waals surface area contributed by atoms with Crippen molar-refractivity contribution in [1.29, 1.82) is 0 Å². The van der Waals surface area contributed by atoms with E-state index in [0.29, 0.717) is 5.56 Å². The van der Waals surface area contributed by atoms with Crippen molar-refractivity contribution in [1.82, 2.24) is 5.32 Å². The van der Waals surface area contributed by atoms with E-state index >= 15 is 0 Å². The van der Waals surface area contributed by atoms with Crippen LogP contribution in [0.4, 0.5) is 0 Å². The van der Waals surface area contributed by atoms with Crippen LogP contribution in [0.1, 0.15) is 46.4 Å². The molecule has 0 saturated carbocycles. The first-order chi connectivity index (χ1) is 14.5. The molecule has 1 amide bonds. The minimum absolute atomic E-state index is 0.0396. The summed E-state index contributed by atoms with van der Waals surface area (Å²) >= 11 is 7.67. The highest BCUT2D eigenvalue weighted by Crippen LogP contribution is 2.26. The Bertz CT molecular complexity index is 987. The molecule has 30 heavy (non-hydrogen) atoms. The van der Waals surface area contributed by atoms with Gasteiger partial charge < -0.3 is 10.1 Å². The first kappa shape index (κ1) is 22.3. The van der Waals surface area contributed by atoms with Crippen LogP contribution in [0.5, 0.6) is 5.75 Å². The lowest BCUT2D eigenvalue weighted by Gasteiger charge is -2.19. The third-order valence-corrected chi connectivity index (χ3v) is 6.31. The maximum atomic E-state index is 12.8. The molecule has 1 atom stereocenters. The molecule has 0 aliphatic heterocycles. The number of carbonyl (C=O) groups is 1. The Labute approximate surface area is 187 Å². The molecule has 3 aromatic carbocycles. The maximum Gasteiger partial charge on any atom is 0.251 e. The standard InChI is InChI=1S/C25H26ClNO2S/c1-4-23(20-9-14-24(29-3)17(2)15-20)27-25(28)19-7-5-18(6-8-19)16-30-22-12-10-21(26)11-13-22/h5-15,23H,4,16H2,1-3H3,(H,27,28)/t23-/m0/s1. The van der Waals surface area contributed by atoms with Crippen LogP contribution in [0.2, 0.25) is 5.02 Å². The van der Waals surface area contributed by atoms with E-state index in [9.17, 15) is 4.79 Å². The molecule has 0 bridgehead atoms. The number of thioether (sulfide) groups is 1. The summed E-state index contributed by atoms with van der Waals surface area (Å²) in [6.45, 7) is 4.08. The van der Waals surface area contributed by atoms with Crippen molar-refractivity contribution in [3.63, 3.8) is 0 Å². The summed E-state index contributed by atoms with van der Waals surface area (Å²) in [6, 6.07) is 21.6. The second kappa shape index (κ2) is 10.6. The molecular formula is C25H26ClNO2S. The molecular weight excluding hydrogens is 414 g/mol. The Morgan fingerprint density at radius 1 is 1.07 bits per heavy atom. The van der Waals surface area contributed by atoms with Crippen LogP contribution in [0.15, 0.2) is 71.6 Å². The van der Waals surface area contributed by atoms with Crippen LogP contribution in [0.25, 0.3) is 0 Å². The summed E-state index contributed by atoms with van der Waals surface area (Å²) in [5.74, 6) is 1.63. The number of aryl methyl sites for hydroxylation is 1. The number of methoxy groups -OCH3 is 1. The highest BCUT2D eigenvalue weighted by atomic mass is 35.5. The first-order valence-corrected chi connectivity index (χ1v) is 11.3. The van der Waals surface area contributed by atoms with Crippen molar-refractivity contribution in [3.05, 3.63) is 94.0 Å². The van der Waals surface area contributed by atoms with E-state index in [-0.39, 0.29) is 11.9 Å². The predicted molar refractivity (Wildman–Crippen MR) is 126 cm³/mol. The Morgan fingerprint density at radius 3 is 2.37 bits per heavy atom. The molecule has 0 spiro atoms. The molecule has 0 aromatic heterocycles. The van der Waals surface area contributed by atoms with Gasteiger partial charge in [-0.2, -0.15) is 0 Å². The minimum atomic E-state index is -0.0628. The van der Waals surface area contributed by atoms with Crippen LogP contribution in [-0.2, 0) is 5.75 Å². The van der Waals surface area contributed by atoms with Crippen LogP contribution >= 0.6 is 23.4 Å². The van der Waals surface area contributed by atoms with Gasteiger partial charge in [0.25, 0.3) is 5.91 Å². The molecule has 0 fully saturated rings. The number of hydrogen-bond acceptors (Lipinski definition) is 3. The second-order valence-electron chi connectivity index (χ2n) is 7.10. The number of nitrogens with one attached hydrogen (secondary N) is 1. The predicted octanol–water partition coefficient (Wildman–Crippen LogP) is 6.83. The zero-order valence-corrected chi connectivity index (χ0v) is 19.0. The van der Waals surface area contributed by atoms with Gasteiger partial charge in [-0.15, -0.1) is 11.8 Å². The molecule has 3 aromatic rings. The lowest BCUT2D eigenvalue weighted by Crippen LogP contribution is -2.28. The van der Waals surface area contributed by atoms with E-state index in [1.165, 1.54) is 10.5 Å². The second-order valence-corrected chi connectivity index (χ2v) is 8.59. The molecule has 5 heteroatoms. The monoisotopic (exact) mass is 439 g/mol. The smallest absolute Gasteiger partial charge is 0.251 e. The molecule has 0 unspecified atom stereocenters. The van der Waals surface area contributed by atoms with Gasteiger partial charge in [0.05, 0.1) is 13.2 Å². The SMILES string of the molecule is CC[C@H](NC(=O)c1ccc(CSc2ccc(Cl)cc2)cc1)c1ccc(OC)c(C)c1. The molecule has 3 nitrogen and oxygen atoms in total. The fourth-order valence-electron chi connectivity index (χ4n) is 3.23. The van der Waals surface area contributed by atoms with Gasteiger partial charge in [0.1, 0.15) is 5.75 Å². The van der Waals surface area contributed by atoms with Gasteiger partial charge in [-0.3, -0.25) is 4.79 Å². The van der Waals surface area contributed by atoms with E-state index < -0.39 is 0 Å². The number of halogens is 1. The highest BCUT2D eigenvalue weighted by molar-refractivity contribution is 7.98. The van der Waals surface area contributed by atoms with Crippen molar-refractivity contribution in [2.75, 3.05) is 7.11 Å². The Balaban J connectivity index is 1.61. The number of carbonyl (C=O) groups excluding carboxylic acids is 1. The zero-order chi connectivity index (χ0) is 21.5. The Kier molecular flexibility index (Phi) is 7.83. The van der Waals surface area contributed by atoms with Gasteiger partial charge in [0.2, 0.25) is 0 Å². The largest absolute Gasteiger partial charge is 0.496 e. The number of amides is 1. The van der Waals surface area contributed by atoms with E-state index in [0.717, 1.165) is 34.1 Å². The van der Waals surface area contributed by atoms with E-state index in [4.69, 9.17) is 16.3 Å². The lowest BCUT2D eigenvalue weighted by atomic mass is 10.0. The molecule has 0 heterocycles. The molecule has 3 rings (SSSR count). The van der Waals surface area contributed by atoms with Crippen LogP contribution in [0.3, 0.4) is 0 Å². The molecule has 1 N–H and O–H groups in total. The third-order valence-electron chi connectivity index (χ3n) is 4.97. The van der Waals surface area contributed by atoms with E-state index in [1.54, 1.807) is 18.9 Å². The average molecular weight is 440 g/mol. The third kappa shape index (κ3) is 5.80. The quantitative estimate of drug-likeness (QED) is 0.391. The topological polar surface area (TPSA) is 38.3 Å². The van der Waals surface area contributed by atoms with Crippen molar-refractivity contribution >= 4 is 29.3 Å². The molecule has 0 aliphatic carbocycles. The number of rotatable bonds is 8. The average Bonchev–Trinajstić information content (AvgIpc) is 2.77. The van der Waals surface area contributed by atoms with E-state index in [1.807, 2.05) is 67.6 Å². The normalized spacial score (nSPS) is 11.7. The van der Waals surface area contributed by atoms with Crippen molar-refractivity contribution in [3.8, 4) is 5.75 Å². The summed E-state index contributed by atoms with van der Waals surface area (Å²) in [4.78, 5) is 13.9. The molecule has 0 aliphatic rings. The summed E-state index contributed by atoms with van der Waals surface area (Å²) in [5, 5.41) is 3.89. The first-order valence-electron chi connectivity index (χ1n) is 9.93. The Hall–Kier alpha value is -2.43. The van der Waals surface area contributed by atoms with Gasteiger partial charge >= 0.3 is 0 Å². The summed E-state index contributed by atoms with van der Waals surface area (Å²) in [7, 11) is 1.67. The van der Waals surface area contributed by atoms with Gasteiger partial charge in [0, 0.05) is 21.2 Å². The Morgan fingerprint density at radius 2 is 1.77 bits per heavy atom. The number of benzene rings is 3. The number of ether oxygens (including phenoxy) is 1. The van der Waals surface area contributed by atoms with Crippen LogP contribution < -0.4 is 10.1 Å². The lowest BCUT2D eigenvalue weighted by molar-refractivity contribution is 0.0935. The minimum Gasteiger partial charge on any atom is -0.496 e. The molecule has 0 saturated heterocycles. The van der Waals surface area contributed by atoms with Gasteiger partial charge in [0.15, 0.2) is 0 Å². The van der Waals surface area contributed by atoms with E-state index in [2.05, 4.69) is 18.3 Å². The van der Waals surface area contributed by atoms with Gasteiger partial charge in [-0.1, -0.05) is 42.8 Å². The van der Waals surface area contributed by atoms with Crippen molar-refractivity contribution in [2.45, 2.75) is 37.0 Å². The number of hydrogen-bond donors (Lipinski definition) is 1. The fraction of sp³-hybridized carbons (Fsp3) is 0.240. The highest BCUT2D eigenvalue weighted by Gasteiger charge is 2.15. The van der Waals surface area contributed by atoms with Gasteiger partial charge in [-0.25, -0.2) is 0 Å². The van der Waals surface area contributed by atoms with Crippen LogP contribution in [0, 0.1) is 6.92 Å². The molecule has 0 radical (unpaired) electrons.